The molecule has 25 heavy (non-hydrogen) atoms. The van der Waals surface area contributed by atoms with Crippen molar-refractivity contribution in [1.29, 1.82) is 0 Å². The molecule has 0 fully saturated rings. The summed E-state index contributed by atoms with van der Waals surface area (Å²) in [4.78, 5) is 12.0. The van der Waals surface area contributed by atoms with Gasteiger partial charge >= 0.3 is 13.1 Å². The van der Waals surface area contributed by atoms with Crippen LogP contribution in [-0.4, -0.2) is 31.8 Å². The van der Waals surface area contributed by atoms with Gasteiger partial charge < -0.3 is 23.9 Å². The maximum absolute atomic E-state index is 12.0. The van der Waals surface area contributed by atoms with Crippen molar-refractivity contribution < 1.29 is 28.7 Å². The van der Waals surface area contributed by atoms with Crippen LogP contribution in [0.1, 0.15) is 5.56 Å². The molecule has 0 radical (unpaired) electrons. The van der Waals surface area contributed by atoms with E-state index < -0.39 is 13.1 Å². The van der Waals surface area contributed by atoms with Crippen LogP contribution in [0.5, 0.6) is 11.5 Å². The van der Waals surface area contributed by atoms with Gasteiger partial charge in [0.15, 0.2) is 18.1 Å². The number of carbonyl (C=O) groups excluding carboxylic acids is 1. The van der Waals surface area contributed by atoms with E-state index in [1.54, 1.807) is 36.4 Å². The average Bonchev–Trinajstić information content (AvgIpc) is 2.96. The SMILES string of the molecule is COc1c(OCC(=O)OC2=CC=CC=CC=C2)ccc2c1B(O)OC2. The standard InChI is InChI=1S/C18H17BO6/c1-22-18-15(10-9-13-11-24-19(21)17(13)18)23-12-16(20)25-14-7-5-3-2-4-6-8-14/h2-10,21H,11-12H2,1H3. The van der Waals surface area contributed by atoms with Gasteiger partial charge in [-0.3, -0.25) is 0 Å². The predicted octanol–water partition coefficient (Wildman–Crippen LogP) is 1.40. The normalized spacial score (nSPS) is 15.3. The minimum Gasteiger partial charge on any atom is -0.493 e. The van der Waals surface area contributed by atoms with Gasteiger partial charge in [-0.25, -0.2) is 4.79 Å². The van der Waals surface area contributed by atoms with Gasteiger partial charge in [-0.1, -0.05) is 36.4 Å². The molecule has 1 aromatic carbocycles. The van der Waals surface area contributed by atoms with Crippen LogP contribution >= 0.6 is 0 Å². The number of ether oxygens (including phenoxy) is 3. The van der Waals surface area contributed by atoms with E-state index in [0.29, 0.717) is 29.3 Å². The molecule has 0 bridgehead atoms. The van der Waals surface area contributed by atoms with E-state index >= 15 is 0 Å². The highest BCUT2D eigenvalue weighted by Gasteiger charge is 2.33. The molecular weight excluding hydrogens is 323 g/mol. The maximum atomic E-state index is 12.0. The van der Waals surface area contributed by atoms with Crippen LogP contribution in [0.15, 0.2) is 60.4 Å². The molecule has 1 aliphatic carbocycles. The zero-order chi connectivity index (χ0) is 17.6. The van der Waals surface area contributed by atoms with Crippen LogP contribution < -0.4 is 14.9 Å². The number of benzene rings is 1. The molecule has 0 aromatic heterocycles. The van der Waals surface area contributed by atoms with Crippen molar-refractivity contribution >= 4 is 18.6 Å². The van der Waals surface area contributed by atoms with Gasteiger partial charge in [0.1, 0.15) is 5.76 Å². The zero-order valence-electron chi connectivity index (χ0n) is 13.7. The number of carbonyl (C=O) groups is 1. The minimum absolute atomic E-state index is 0.295. The van der Waals surface area contributed by atoms with E-state index in [-0.39, 0.29) is 6.61 Å². The number of hydrogen-bond donors (Lipinski definition) is 1. The first kappa shape index (κ1) is 17.1. The molecule has 6 nitrogen and oxygen atoms in total. The Morgan fingerprint density at radius 3 is 2.88 bits per heavy atom. The lowest BCUT2D eigenvalue weighted by molar-refractivity contribution is -0.141. The van der Waals surface area contributed by atoms with Gasteiger partial charge in [0, 0.05) is 5.46 Å². The quantitative estimate of drug-likeness (QED) is 0.645. The van der Waals surface area contributed by atoms with Gasteiger partial charge in [-0.2, -0.15) is 0 Å². The van der Waals surface area contributed by atoms with Gasteiger partial charge in [-0.05, 0) is 23.8 Å². The lowest BCUT2D eigenvalue weighted by Gasteiger charge is -2.14. The van der Waals surface area contributed by atoms with Crippen molar-refractivity contribution in [3.05, 3.63) is 66.0 Å². The smallest absolute Gasteiger partial charge is 0.493 e. The van der Waals surface area contributed by atoms with Crippen LogP contribution in [0.2, 0.25) is 0 Å². The number of hydrogen-bond acceptors (Lipinski definition) is 6. The van der Waals surface area contributed by atoms with E-state index in [2.05, 4.69) is 0 Å². The van der Waals surface area contributed by atoms with Crippen LogP contribution in [0, 0.1) is 0 Å². The highest BCUT2D eigenvalue weighted by molar-refractivity contribution is 6.62. The van der Waals surface area contributed by atoms with E-state index in [1.807, 2.05) is 18.2 Å². The summed E-state index contributed by atoms with van der Waals surface area (Å²) in [5.74, 6) is 0.563. The summed E-state index contributed by atoms with van der Waals surface area (Å²) in [6.45, 7) is 0.00840. The highest BCUT2D eigenvalue weighted by Crippen LogP contribution is 2.29. The summed E-state index contributed by atoms with van der Waals surface area (Å²) >= 11 is 0. The van der Waals surface area contributed by atoms with Crippen LogP contribution in [-0.2, 0) is 20.8 Å². The molecule has 2 aliphatic rings. The molecule has 3 rings (SSSR count). The zero-order valence-corrected chi connectivity index (χ0v) is 13.7. The van der Waals surface area contributed by atoms with Crippen molar-refractivity contribution in [2.45, 2.75) is 6.61 Å². The molecule has 0 saturated carbocycles. The second kappa shape index (κ2) is 7.87. The van der Waals surface area contributed by atoms with Crippen molar-refractivity contribution in [3.8, 4) is 11.5 Å². The molecule has 0 atom stereocenters. The number of rotatable bonds is 5. The first-order valence-corrected chi connectivity index (χ1v) is 7.73. The van der Waals surface area contributed by atoms with Crippen molar-refractivity contribution in [3.63, 3.8) is 0 Å². The minimum atomic E-state index is -1.06. The fraction of sp³-hybridized carbons (Fsp3) is 0.167. The van der Waals surface area contributed by atoms with Gasteiger partial charge in [0.05, 0.1) is 13.7 Å². The number of allylic oxidation sites excluding steroid dienone is 7. The Hall–Kier alpha value is -2.77. The Morgan fingerprint density at radius 2 is 2.04 bits per heavy atom. The summed E-state index contributed by atoms with van der Waals surface area (Å²) in [6, 6.07) is 3.45. The summed E-state index contributed by atoms with van der Waals surface area (Å²) in [5, 5.41) is 9.88. The molecule has 1 aliphatic heterocycles. The topological polar surface area (TPSA) is 74.2 Å². The first-order chi connectivity index (χ1) is 12.2. The third kappa shape index (κ3) is 4.02. The highest BCUT2D eigenvalue weighted by atomic mass is 16.6. The molecule has 1 heterocycles. The van der Waals surface area contributed by atoms with Gasteiger partial charge in [0.2, 0.25) is 0 Å². The fourth-order valence-corrected chi connectivity index (χ4v) is 2.51. The Balaban J connectivity index is 1.66. The third-order valence-corrected chi connectivity index (χ3v) is 3.64. The Kier molecular flexibility index (Phi) is 5.38. The molecule has 0 saturated heterocycles. The Bertz CT molecular complexity index is 778. The fourth-order valence-electron chi connectivity index (χ4n) is 2.51. The van der Waals surface area contributed by atoms with E-state index in [9.17, 15) is 9.82 Å². The van der Waals surface area contributed by atoms with Gasteiger partial charge in [0.25, 0.3) is 0 Å². The van der Waals surface area contributed by atoms with Crippen molar-refractivity contribution in [1.82, 2.24) is 0 Å². The van der Waals surface area contributed by atoms with Crippen LogP contribution in [0.3, 0.4) is 0 Å². The number of methoxy groups -OCH3 is 1. The molecule has 0 spiro atoms. The summed E-state index contributed by atoms with van der Waals surface area (Å²) in [7, 11) is 0.404. The van der Waals surface area contributed by atoms with Crippen LogP contribution in [0.25, 0.3) is 0 Å². The molecular formula is C18H17BO6. The maximum Gasteiger partial charge on any atom is 0.495 e. The van der Waals surface area contributed by atoms with Crippen molar-refractivity contribution in [2.75, 3.05) is 13.7 Å². The molecule has 128 valence electrons. The molecule has 1 N–H and O–H groups in total. The largest absolute Gasteiger partial charge is 0.495 e. The molecule has 0 amide bonds. The lowest BCUT2D eigenvalue weighted by Crippen LogP contribution is -2.30. The Labute approximate surface area is 145 Å². The van der Waals surface area contributed by atoms with Gasteiger partial charge in [-0.15, -0.1) is 0 Å². The van der Waals surface area contributed by atoms with Crippen LogP contribution in [0.4, 0.5) is 0 Å². The third-order valence-electron chi connectivity index (χ3n) is 3.64. The monoisotopic (exact) mass is 340 g/mol. The number of esters is 1. The second-order valence-electron chi connectivity index (χ2n) is 5.29. The van der Waals surface area contributed by atoms with Crippen molar-refractivity contribution in [2.24, 2.45) is 0 Å². The second-order valence-corrected chi connectivity index (χ2v) is 5.29. The molecule has 0 unspecified atom stereocenters. The lowest BCUT2D eigenvalue weighted by atomic mass is 9.78. The average molecular weight is 340 g/mol. The Morgan fingerprint density at radius 1 is 1.24 bits per heavy atom. The summed E-state index contributed by atoms with van der Waals surface area (Å²) in [5.41, 5.74) is 1.35. The first-order valence-electron chi connectivity index (χ1n) is 7.73. The van der Waals surface area contributed by atoms with E-state index in [0.717, 1.165) is 5.56 Å². The predicted molar refractivity (Wildman–Crippen MR) is 92.5 cm³/mol. The van der Waals surface area contributed by atoms with E-state index in [4.69, 9.17) is 18.9 Å². The summed E-state index contributed by atoms with van der Waals surface area (Å²) in [6.07, 6.45) is 12.4. The molecule has 1 aromatic rings. The van der Waals surface area contributed by atoms with E-state index in [1.165, 1.54) is 7.11 Å². The number of fused-ring (bicyclic) bond motifs is 1. The summed E-state index contributed by atoms with van der Waals surface area (Å²) < 4.78 is 21.2. The molecule has 7 heteroatoms.